The highest BCUT2D eigenvalue weighted by molar-refractivity contribution is 14.1. The average Bonchev–Trinajstić information content (AvgIpc) is 2.71. The molecule has 104 valence electrons. The first-order chi connectivity index (χ1) is 8.89. The Morgan fingerprint density at radius 3 is 2.68 bits per heavy atom. The molecular weight excluding hydrogens is 379 g/mol. The SMILES string of the molecule is CN(C(=O)Nc1ccccc1I)C1CCS(=O)(=O)C1. The van der Waals surface area contributed by atoms with E-state index >= 15 is 0 Å². The fourth-order valence-electron chi connectivity index (χ4n) is 2.01. The Morgan fingerprint density at radius 2 is 2.11 bits per heavy atom. The number of halogens is 1. The second-order valence-corrected chi connectivity index (χ2v) is 7.97. The zero-order valence-corrected chi connectivity index (χ0v) is 13.4. The van der Waals surface area contributed by atoms with Crippen LogP contribution in [0.5, 0.6) is 0 Å². The number of benzene rings is 1. The minimum absolute atomic E-state index is 0.0583. The molecule has 1 heterocycles. The van der Waals surface area contributed by atoms with Gasteiger partial charge in [0.25, 0.3) is 0 Å². The standard InChI is InChI=1S/C12H15IN2O3S/c1-15(9-6-7-19(17,18)8-9)12(16)14-11-5-3-2-4-10(11)13/h2-5,9H,6-8H2,1H3,(H,14,16). The first kappa shape index (κ1) is 14.6. The molecule has 0 aliphatic carbocycles. The van der Waals surface area contributed by atoms with Crippen molar-refractivity contribution in [1.82, 2.24) is 4.90 Å². The van der Waals surface area contributed by atoms with Crippen molar-refractivity contribution in [3.63, 3.8) is 0 Å². The number of anilines is 1. The van der Waals surface area contributed by atoms with Crippen LogP contribution in [0.2, 0.25) is 0 Å². The molecule has 1 unspecified atom stereocenters. The Bertz CT molecular complexity index is 588. The molecule has 7 heteroatoms. The third-order valence-corrected chi connectivity index (χ3v) is 5.88. The zero-order valence-electron chi connectivity index (χ0n) is 10.5. The van der Waals surface area contributed by atoms with Gasteiger partial charge in [0, 0.05) is 16.7 Å². The Kier molecular flexibility index (Phi) is 4.34. The normalized spacial score (nSPS) is 21.1. The second-order valence-electron chi connectivity index (χ2n) is 4.58. The van der Waals surface area contributed by atoms with E-state index in [0.29, 0.717) is 6.42 Å². The van der Waals surface area contributed by atoms with Gasteiger partial charge in [-0.1, -0.05) is 12.1 Å². The molecule has 1 aromatic rings. The van der Waals surface area contributed by atoms with Crippen molar-refractivity contribution in [3.05, 3.63) is 27.8 Å². The van der Waals surface area contributed by atoms with Gasteiger partial charge in [-0.15, -0.1) is 0 Å². The van der Waals surface area contributed by atoms with Gasteiger partial charge in [-0.25, -0.2) is 13.2 Å². The number of amides is 2. The molecule has 0 aromatic heterocycles. The van der Waals surface area contributed by atoms with Crippen LogP contribution in [-0.4, -0.2) is 43.9 Å². The maximum atomic E-state index is 12.1. The molecule has 1 aliphatic rings. The van der Waals surface area contributed by atoms with E-state index in [9.17, 15) is 13.2 Å². The number of rotatable bonds is 2. The number of hydrogen-bond acceptors (Lipinski definition) is 3. The Morgan fingerprint density at radius 1 is 1.42 bits per heavy atom. The van der Waals surface area contributed by atoms with E-state index in [1.165, 1.54) is 4.90 Å². The van der Waals surface area contributed by atoms with E-state index in [1.54, 1.807) is 7.05 Å². The van der Waals surface area contributed by atoms with Gasteiger partial charge in [0.1, 0.15) is 0 Å². The number of nitrogens with one attached hydrogen (secondary N) is 1. The maximum Gasteiger partial charge on any atom is 0.321 e. The smallest absolute Gasteiger partial charge is 0.321 e. The van der Waals surface area contributed by atoms with Crippen LogP contribution in [0.1, 0.15) is 6.42 Å². The van der Waals surface area contributed by atoms with Gasteiger partial charge >= 0.3 is 6.03 Å². The van der Waals surface area contributed by atoms with Crippen molar-refractivity contribution in [2.45, 2.75) is 12.5 Å². The zero-order chi connectivity index (χ0) is 14.0. The Balaban J connectivity index is 2.03. The number of urea groups is 1. The highest BCUT2D eigenvalue weighted by Crippen LogP contribution is 2.20. The summed E-state index contributed by atoms with van der Waals surface area (Å²) in [6.07, 6.45) is 0.512. The summed E-state index contributed by atoms with van der Waals surface area (Å²) < 4.78 is 23.8. The first-order valence-corrected chi connectivity index (χ1v) is 8.78. The van der Waals surface area contributed by atoms with Crippen LogP contribution < -0.4 is 5.32 Å². The molecule has 1 N–H and O–H groups in total. The van der Waals surface area contributed by atoms with Gasteiger partial charge in [-0.2, -0.15) is 0 Å². The number of carbonyl (C=O) groups excluding carboxylic acids is 1. The molecule has 5 nitrogen and oxygen atoms in total. The van der Waals surface area contributed by atoms with Gasteiger partial charge in [-0.05, 0) is 41.1 Å². The van der Waals surface area contributed by atoms with E-state index in [1.807, 2.05) is 24.3 Å². The van der Waals surface area contributed by atoms with Crippen molar-refractivity contribution < 1.29 is 13.2 Å². The molecule has 2 rings (SSSR count). The number of carbonyl (C=O) groups is 1. The fraction of sp³-hybridized carbons (Fsp3) is 0.417. The van der Waals surface area contributed by atoms with Gasteiger partial charge < -0.3 is 10.2 Å². The van der Waals surface area contributed by atoms with Crippen LogP contribution in [0.4, 0.5) is 10.5 Å². The lowest BCUT2D eigenvalue weighted by molar-refractivity contribution is 0.209. The molecule has 2 amide bonds. The maximum absolute atomic E-state index is 12.1. The first-order valence-electron chi connectivity index (χ1n) is 5.88. The number of para-hydroxylation sites is 1. The number of nitrogens with zero attached hydrogens (tertiary/aromatic N) is 1. The van der Waals surface area contributed by atoms with Gasteiger partial charge in [0.05, 0.1) is 17.2 Å². The third-order valence-electron chi connectivity index (χ3n) is 3.19. The fourth-order valence-corrected chi connectivity index (χ4v) is 4.31. The van der Waals surface area contributed by atoms with Crippen LogP contribution in [0.15, 0.2) is 24.3 Å². The lowest BCUT2D eigenvalue weighted by Gasteiger charge is -2.24. The monoisotopic (exact) mass is 394 g/mol. The van der Waals surface area contributed by atoms with E-state index in [2.05, 4.69) is 27.9 Å². The van der Waals surface area contributed by atoms with Crippen LogP contribution in [-0.2, 0) is 9.84 Å². The van der Waals surface area contributed by atoms with Gasteiger partial charge in [-0.3, -0.25) is 0 Å². The number of hydrogen-bond donors (Lipinski definition) is 1. The van der Waals surface area contributed by atoms with Crippen LogP contribution in [0.25, 0.3) is 0 Å². The molecular formula is C12H15IN2O3S. The van der Waals surface area contributed by atoms with Crippen LogP contribution >= 0.6 is 22.6 Å². The van der Waals surface area contributed by atoms with Crippen LogP contribution in [0.3, 0.4) is 0 Å². The van der Waals surface area contributed by atoms with E-state index in [4.69, 9.17) is 0 Å². The molecule has 1 atom stereocenters. The second kappa shape index (κ2) is 5.66. The lowest BCUT2D eigenvalue weighted by Crippen LogP contribution is -2.40. The predicted molar refractivity (Wildman–Crippen MR) is 83.0 cm³/mol. The van der Waals surface area contributed by atoms with Crippen LogP contribution in [0, 0.1) is 3.57 Å². The summed E-state index contributed by atoms with van der Waals surface area (Å²) in [5.41, 5.74) is 0.737. The molecule has 1 fully saturated rings. The minimum atomic E-state index is -2.98. The molecule has 1 aromatic carbocycles. The highest BCUT2D eigenvalue weighted by atomic mass is 127. The summed E-state index contributed by atoms with van der Waals surface area (Å²) in [5, 5.41) is 2.80. The molecule has 1 aliphatic heterocycles. The molecule has 0 saturated carbocycles. The predicted octanol–water partition coefficient (Wildman–Crippen LogP) is 1.94. The quantitative estimate of drug-likeness (QED) is 0.780. The van der Waals surface area contributed by atoms with E-state index in [0.717, 1.165) is 9.26 Å². The highest BCUT2D eigenvalue weighted by Gasteiger charge is 2.32. The average molecular weight is 394 g/mol. The summed E-state index contributed by atoms with van der Waals surface area (Å²) in [6.45, 7) is 0. The minimum Gasteiger partial charge on any atom is -0.324 e. The summed E-state index contributed by atoms with van der Waals surface area (Å²) in [4.78, 5) is 13.6. The van der Waals surface area contributed by atoms with Crippen molar-refractivity contribution in [2.75, 3.05) is 23.9 Å². The molecule has 1 saturated heterocycles. The van der Waals surface area contributed by atoms with Crippen molar-refractivity contribution in [3.8, 4) is 0 Å². The summed E-state index contributed by atoms with van der Waals surface area (Å²) in [7, 11) is -1.34. The lowest BCUT2D eigenvalue weighted by atomic mass is 10.2. The molecule has 19 heavy (non-hydrogen) atoms. The summed E-state index contributed by atoms with van der Waals surface area (Å²) in [5.74, 6) is 0.223. The van der Waals surface area contributed by atoms with Crippen molar-refractivity contribution in [1.29, 1.82) is 0 Å². The Hall–Kier alpha value is -0.830. The van der Waals surface area contributed by atoms with Crippen molar-refractivity contribution in [2.24, 2.45) is 0 Å². The molecule has 0 radical (unpaired) electrons. The summed E-state index contributed by atoms with van der Waals surface area (Å²) in [6, 6.07) is 6.95. The largest absolute Gasteiger partial charge is 0.324 e. The van der Waals surface area contributed by atoms with E-state index in [-0.39, 0.29) is 23.6 Å². The van der Waals surface area contributed by atoms with E-state index < -0.39 is 9.84 Å². The van der Waals surface area contributed by atoms with Crippen molar-refractivity contribution >= 4 is 44.1 Å². The third kappa shape index (κ3) is 3.59. The van der Waals surface area contributed by atoms with Gasteiger partial charge in [0.2, 0.25) is 0 Å². The topological polar surface area (TPSA) is 66.5 Å². The van der Waals surface area contributed by atoms with Gasteiger partial charge in [0.15, 0.2) is 9.84 Å². The number of sulfone groups is 1. The molecule has 0 spiro atoms. The summed E-state index contributed by atoms with van der Waals surface area (Å²) >= 11 is 2.14. The molecule has 0 bridgehead atoms. The Labute approximate surface area is 126 Å².